The van der Waals surface area contributed by atoms with Crippen molar-refractivity contribution in [2.24, 2.45) is 0 Å². The van der Waals surface area contributed by atoms with Gasteiger partial charge in [0.15, 0.2) is 11.5 Å². The van der Waals surface area contributed by atoms with Crippen LogP contribution in [-0.4, -0.2) is 43.9 Å². The molecule has 1 aliphatic rings. The highest BCUT2D eigenvalue weighted by atomic mass is 16.6. The molecule has 2 aromatic heterocycles. The molecule has 0 saturated carbocycles. The molecule has 0 aliphatic carbocycles. The molecule has 0 spiro atoms. The summed E-state index contributed by atoms with van der Waals surface area (Å²) in [6.07, 6.45) is 5.12. The number of hydrogen-bond donors (Lipinski definition) is 0. The molecule has 1 aliphatic heterocycles. The molecule has 0 fully saturated rings. The van der Waals surface area contributed by atoms with E-state index >= 15 is 0 Å². The Balaban J connectivity index is 1.40. The number of nitrogens with zero attached hydrogens (tertiary/aromatic N) is 5. The van der Waals surface area contributed by atoms with Gasteiger partial charge in [0, 0.05) is 23.4 Å². The summed E-state index contributed by atoms with van der Waals surface area (Å²) in [6.45, 7) is 1.03. The molecule has 0 atom stereocenters. The first-order chi connectivity index (χ1) is 16.8. The molecule has 166 valence electrons. The van der Waals surface area contributed by atoms with Gasteiger partial charge in [-0.25, -0.2) is 4.68 Å². The van der Waals surface area contributed by atoms with Gasteiger partial charge in [0.2, 0.25) is 0 Å². The van der Waals surface area contributed by atoms with Gasteiger partial charge in [0.05, 0.1) is 11.2 Å². The molecule has 6 rings (SSSR count). The third kappa shape index (κ3) is 3.61. The standard InChI is InChI=1S/C26H19N5O3/c32-25(31-22-9-5-4-8-21(22)27-29-31)13-11-19-17-30(20-6-2-1-3-7-20)28-26(19)18-10-12-23-24(16-18)34-15-14-33-23/h1-13,16-17H,14-15H2/b13-11+. The van der Waals surface area contributed by atoms with Crippen LogP contribution in [0.25, 0.3) is 34.1 Å². The van der Waals surface area contributed by atoms with Crippen molar-refractivity contribution in [1.82, 2.24) is 24.8 Å². The summed E-state index contributed by atoms with van der Waals surface area (Å²) in [5.41, 5.74) is 4.58. The number of carbonyl (C=O) groups excluding carboxylic acids is 1. The van der Waals surface area contributed by atoms with Crippen molar-refractivity contribution in [3.63, 3.8) is 0 Å². The van der Waals surface area contributed by atoms with Crippen molar-refractivity contribution in [1.29, 1.82) is 0 Å². The number of benzene rings is 3. The van der Waals surface area contributed by atoms with E-state index in [2.05, 4.69) is 10.3 Å². The van der Waals surface area contributed by atoms with E-state index in [1.165, 1.54) is 10.8 Å². The minimum absolute atomic E-state index is 0.297. The smallest absolute Gasteiger partial charge is 0.272 e. The molecular weight excluding hydrogens is 430 g/mol. The molecule has 0 unspecified atom stereocenters. The van der Waals surface area contributed by atoms with Gasteiger partial charge in [0.25, 0.3) is 5.91 Å². The van der Waals surface area contributed by atoms with Crippen LogP contribution in [0.4, 0.5) is 0 Å². The maximum Gasteiger partial charge on any atom is 0.272 e. The summed E-state index contributed by atoms with van der Waals surface area (Å²) < 4.78 is 14.5. The third-order valence-corrected chi connectivity index (χ3v) is 5.54. The Hall–Kier alpha value is -4.72. The lowest BCUT2D eigenvalue weighted by Gasteiger charge is -2.18. The molecule has 0 N–H and O–H groups in total. The first-order valence-electron chi connectivity index (χ1n) is 10.8. The van der Waals surface area contributed by atoms with E-state index in [0.29, 0.717) is 41.4 Å². The Morgan fingerprint density at radius 2 is 1.71 bits per heavy atom. The van der Waals surface area contributed by atoms with Crippen LogP contribution in [0.1, 0.15) is 10.4 Å². The van der Waals surface area contributed by atoms with Crippen LogP contribution in [0.5, 0.6) is 11.5 Å². The Labute approximate surface area is 194 Å². The Bertz CT molecular complexity index is 1530. The number of ether oxygens (including phenoxy) is 2. The topological polar surface area (TPSA) is 84.1 Å². The number of allylic oxidation sites excluding steroid dienone is 1. The molecule has 5 aromatic rings. The monoisotopic (exact) mass is 449 g/mol. The number of hydrogen-bond acceptors (Lipinski definition) is 6. The van der Waals surface area contributed by atoms with Crippen LogP contribution >= 0.6 is 0 Å². The quantitative estimate of drug-likeness (QED) is 0.378. The fourth-order valence-electron chi connectivity index (χ4n) is 3.90. The van der Waals surface area contributed by atoms with E-state index in [1.807, 2.05) is 79.0 Å². The van der Waals surface area contributed by atoms with Crippen molar-refractivity contribution in [2.45, 2.75) is 0 Å². The second-order valence-corrected chi connectivity index (χ2v) is 7.73. The van der Waals surface area contributed by atoms with E-state index in [0.717, 1.165) is 16.8 Å². The van der Waals surface area contributed by atoms with Gasteiger partial charge in [-0.1, -0.05) is 35.5 Å². The van der Waals surface area contributed by atoms with Crippen LogP contribution in [0.15, 0.2) is 85.1 Å². The molecule has 8 heteroatoms. The normalized spacial score (nSPS) is 12.9. The molecule has 34 heavy (non-hydrogen) atoms. The number of aromatic nitrogens is 5. The third-order valence-electron chi connectivity index (χ3n) is 5.54. The van der Waals surface area contributed by atoms with Gasteiger partial charge in [-0.15, -0.1) is 5.10 Å². The van der Waals surface area contributed by atoms with Gasteiger partial charge in [-0.3, -0.25) is 4.79 Å². The van der Waals surface area contributed by atoms with Crippen molar-refractivity contribution >= 4 is 23.0 Å². The Morgan fingerprint density at radius 1 is 0.912 bits per heavy atom. The molecule has 3 heterocycles. The zero-order valence-corrected chi connectivity index (χ0v) is 18.0. The average molecular weight is 449 g/mol. The first kappa shape index (κ1) is 19.9. The lowest BCUT2D eigenvalue weighted by atomic mass is 10.1. The molecule has 8 nitrogen and oxygen atoms in total. The highest BCUT2D eigenvalue weighted by Crippen LogP contribution is 2.35. The van der Waals surface area contributed by atoms with Gasteiger partial charge >= 0.3 is 0 Å². The van der Waals surface area contributed by atoms with Crippen molar-refractivity contribution in [2.75, 3.05) is 13.2 Å². The maximum absolute atomic E-state index is 12.9. The summed E-state index contributed by atoms with van der Waals surface area (Å²) in [6, 6.07) is 22.9. The maximum atomic E-state index is 12.9. The second-order valence-electron chi connectivity index (χ2n) is 7.73. The zero-order valence-electron chi connectivity index (χ0n) is 18.0. The fourth-order valence-corrected chi connectivity index (χ4v) is 3.90. The highest BCUT2D eigenvalue weighted by molar-refractivity contribution is 5.98. The molecular formula is C26H19N5O3. The van der Waals surface area contributed by atoms with Crippen LogP contribution in [-0.2, 0) is 0 Å². The Kier molecular flexibility index (Phi) is 4.88. The minimum Gasteiger partial charge on any atom is -0.486 e. The molecule has 0 saturated heterocycles. The van der Waals surface area contributed by atoms with E-state index in [1.54, 1.807) is 10.8 Å². The predicted molar refractivity (Wildman–Crippen MR) is 127 cm³/mol. The number of para-hydroxylation sites is 2. The van der Waals surface area contributed by atoms with E-state index in [-0.39, 0.29) is 5.91 Å². The van der Waals surface area contributed by atoms with Crippen LogP contribution < -0.4 is 9.47 Å². The fraction of sp³-hybridized carbons (Fsp3) is 0.0769. The van der Waals surface area contributed by atoms with Crippen LogP contribution in [0, 0.1) is 0 Å². The summed E-state index contributed by atoms with van der Waals surface area (Å²) in [4.78, 5) is 12.9. The summed E-state index contributed by atoms with van der Waals surface area (Å²) in [5.74, 6) is 1.09. The van der Waals surface area contributed by atoms with Crippen LogP contribution in [0.3, 0.4) is 0 Å². The molecule has 0 amide bonds. The van der Waals surface area contributed by atoms with E-state index in [4.69, 9.17) is 14.6 Å². The minimum atomic E-state index is -0.297. The van der Waals surface area contributed by atoms with E-state index < -0.39 is 0 Å². The predicted octanol–water partition coefficient (Wildman–Crippen LogP) is 4.41. The summed E-state index contributed by atoms with van der Waals surface area (Å²) in [5, 5.41) is 12.9. The zero-order chi connectivity index (χ0) is 22.9. The Morgan fingerprint density at radius 3 is 2.59 bits per heavy atom. The van der Waals surface area contributed by atoms with E-state index in [9.17, 15) is 4.79 Å². The van der Waals surface area contributed by atoms with Gasteiger partial charge in [-0.05, 0) is 48.5 Å². The van der Waals surface area contributed by atoms with Crippen molar-refractivity contribution in [3.05, 3.63) is 90.6 Å². The van der Waals surface area contributed by atoms with Crippen LogP contribution in [0.2, 0.25) is 0 Å². The molecule has 0 radical (unpaired) electrons. The van der Waals surface area contributed by atoms with Crippen molar-refractivity contribution < 1.29 is 14.3 Å². The largest absolute Gasteiger partial charge is 0.486 e. The highest BCUT2D eigenvalue weighted by Gasteiger charge is 2.17. The lowest BCUT2D eigenvalue weighted by Crippen LogP contribution is -2.15. The molecule has 0 bridgehead atoms. The number of carbonyl (C=O) groups is 1. The first-order valence-corrected chi connectivity index (χ1v) is 10.8. The summed E-state index contributed by atoms with van der Waals surface area (Å²) >= 11 is 0. The number of rotatable bonds is 4. The van der Waals surface area contributed by atoms with Gasteiger partial charge in [0.1, 0.15) is 24.4 Å². The molecule has 3 aromatic carbocycles. The SMILES string of the molecule is O=C(/C=C/c1cn(-c2ccccc2)nc1-c1ccc2c(c1)OCCO2)n1nnc2ccccc21. The average Bonchev–Trinajstić information content (AvgIpc) is 3.52. The van der Waals surface area contributed by atoms with Crippen molar-refractivity contribution in [3.8, 4) is 28.4 Å². The van der Waals surface area contributed by atoms with Gasteiger partial charge < -0.3 is 9.47 Å². The number of fused-ring (bicyclic) bond motifs is 2. The summed E-state index contributed by atoms with van der Waals surface area (Å²) in [7, 11) is 0. The lowest BCUT2D eigenvalue weighted by molar-refractivity contribution is 0.0958. The second kappa shape index (κ2) is 8.32. The van der Waals surface area contributed by atoms with Gasteiger partial charge in [-0.2, -0.15) is 9.78 Å².